The largest absolute Gasteiger partial charge is 0.393 e. The molecule has 4 rings (SSSR count). The first-order chi connectivity index (χ1) is 13.9. The second-order valence-corrected chi connectivity index (χ2v) is 11.2. The molecule has 0 aromatic heterocycles. The number of thioether (sulfide) groups is 1. The number of amides is 1. The zero-order chi connectivity index (χ0) is 20.5. The lowest BCUT2D eigenvalue weighted by Gasteiger charge is -2.41. The molecule has 0 aromatic carbocycles. The highest BCUT2D eigenvalue weighted by molar-refractivity contribution is 8.00. The number of piperazine rings is 1. The lowest BCUT2D eigenvalue weighted by Crippen LogP contribution is -2.56. The van der Waals surface area contributed by atoms with Crippen molar-refractivity contribution in [3.63, 3.8) is 0 Å². The molecule has 2 heterocycles. The van der Waals surface area contributed by atoms with Gasteiger partial charge < -0.3 is 20.6 Å². The van der Waals surface area contributed by atoms with E-state index in [0.717, 1.165) is 45.4 Å². The van der Waals surface area contributed by atoms with Crippen LogP contribution in [-0.2, 0) is 4.79 Å². The summed E-state index contributed by atoms with van der Waals surface area (Å²) in [6, 6.07) is -0.0525. The monoisotopic (exact) mass is 422 g/mol. The topological polar surface area (TPSA) is 82.2 Å². The second kappa shape index (κ2) is 9.15. The molecule has 164 valence electrons. The number of aliphatic imine (C=N–C) groups is 1. The Balaban J connectivity index is 1.48. The number of hydrogen-bond donors (Lipinski definition) is 2. The third-order valence-corrected chi connectivity index (χ3v) is 9.10. The maximum atomic E-state index is 12.6. The van der Waals surface area contributed by atoms with Gasteiger partial charge in [-0.25, -0.2) is 0 Å². The number of fused-ring (bicyclic) bond motifs is 2. The zero-order valence-corrected chi connectivity index (χ0v) is 18.8. The molecule has 3 fully saturated rings. The fourth-order valence-corrected chi connectivity index (χ4v) is 7.31. The van der Waals surface area contributed by atoms with Crippen molar-refractivity contribution in [1.29, 1.82) is 0 Å². The van der Waals surface area contributed by atoms with Gasteiger partial charge in [0.2, 0.25) is 5.91 Å². The lowest BCUT2D eigenvalue weighted by atomic mass is 9.86. The molecule has 2 aliphatic carbocycles. The number of hydrogen-bond acceptors (Lipinski definition) is 6. The second-order valence-electron chi connectivity index (χ2n) is 9.71. The fraction of sp³-hybridized carbons (Fsp3) is 0.909. The summed E-state index contributed by atoms with van der Waals surface area (Å²) in [5.74, 6) is 2.11. The molecule has 3 N–H and O–H groups in total. The van der Waals surface area contributed by atoms with E-state index in [1.807, 2.05) is 18.7 Å². The summed E-state index contributed by atoms with van der Waals surface area (Å²) in [5.41, 5.74) is 6.11. The van der Waals surface area contributed by atoms with Gasteiger partial charge in [0.25, 0.3) is 0 Å². The van der Waals surface area contributed by atoms with Crippen LogP contribution < -0.4 is 5.73 Å². The molecule has 0 bridgehead atoms. The van der Waals surface area contributed by atoms with Gasteiger partial charge in [0.05, 0.1) is 18.2 Å². The molecule has 7 heteroatoms. The number of rotatable bonds is 2. The molecule has 2 saturated carbocycles. The van der Waals surface area contributed by atoms with E-state index >= 15 is 0 Å². The van der Waals surface area contributed by atoms with E-state index < -0.39 is 6.04 Å². The van der Waals surface area contributed by atoms with Crippen LogP contribution in [0.2, 0.25) is 0 Å². The van der Waals surface area contributed by atoms with E-state index in [2.05, 4.69) is 16.7 Å². The molecule has 1 saturated heterocycles. The first-order valence-electron chi connectivity index (χ1n) is 11.6. The first-order valence-corrected chi connectivity index (χ1v) is 12.6. The molecule has 6 nitrogen and oxygen atoms in total. The highest BCUT2D eigenvalue weighted by Gasteiger charge is 2.42. The van der Waals surface area contributed by atoms with E-state index in [-0.39, 0.29) is 17.9 Å². The van der Waals surface area contributed by atoms with E-state index in [0.29, 0.717) is 22.5 Å². The first kappa shape index (κ1) is 21.4. The molecule has 4 aliphatic rings. The van der Waals surface area contributed by atoms with Crippen molar-refractivity contribution in [3.05, 3.63) is 0 Å². The van der Waals surface area contributed by atoms with Crippen molar-refractivity contribution < 1.29 is 9.90 Å². The standard InChI is InChI=1S/C22H38N4O2S/c1-14(2)20(23)22(28)26-11-9-25(10-12-26)21-16-5-3-4-6-18(16)29-19-13-15(27)7-8-17(19)24-21/h14-20,27H,3-13,23H2,1-2H3. The van der Waals surface area contributed by atoms with Gasteiger partial charge in [-0.1, -0.05) is 26.7 Å². The Labute approximate surface area is 179 Å². The normalized spacial score (nSPS) is 36.7. The van der Waals surface area contributed by atoms with Gasteiger partial charge >= 0.3 is 0 Å². The summed E-state index contributed by atoms with van der Waals surface area (Å²) in [5, 5.41) is 11.3. The highest BCUT2D eigenvalue weighted by Crippen LogP contribution is 2.44. The van der Waals surface area contributed by atoms with Crippen molar-refractivity contribution in [2.75, 3.05) is 26.2 Å². The van der Waals surface area contributed by atoms with E-state index in [4.69, 9.17) is 10.7 Å². The Morgan fingerprint density at radius 3 is 2.55 bits per heavy atom. The maximum Gasteiger partial charge on any atom is 0.239 e. The van der Waals surface area contributed by atoms with Crippen molar-refractivity contribution in [1.82, 2.24) is 9.80 Å². The van der Waals surface area contributed by atoms with E-state index in [1.54, 1.807) is 0 Å². The Morgan fingerprint density at radius 1 is 1.10 bits per heavy atom. The van der Waals surface area contributed by atoms with E-state index in [9.17, 15) is 9.90 Å². The molecule has 0 aromatic rings. The molecule has 6 unspecified atom stereocenters. The number of nitrogens with zero attached hydrogens (tertiary/aromatic N) is 3. The molecular weight excluding hydrogens is 384 g/mol. The van der Waals surface area contributed by atoms with Gasteiger partial charge in [-0.2, -0.15) is 11.8 Å². The summed E-state index contributed by atoms with van der Waals surface area (Å²) in [4.78, 5) is 22.4. The number of aliphatic hydroxyl groups excluding tert-OH is 1. The van der Waals surface area contributed by atoms with Crippen LogP contribution >= 0.6 is 11.8 Å². The molecule has 0 radical (unpaired) electrons. The minimum atomic E-state index is -0.398. The average molecular weight is 423 g/mol. The molecule has 29 heavy (non-hydrogen) atoms. The van der Waals surface area contributed by atoms with Crippen molar-refractivity contribution in [2.24, 2.45) is 22.6 Å². The Kier molecular flexibility index (Phi) is 6.76. The van der Waals surface area contributed by atoms with Crippen LogP contribution in [0.3, 0.4) is 0 Å². The van der Waals surface area contributed by atoms with Crippen LogP contribution in [0, 0.1) is 11.8 Å². The Morgan fingerprint density at radius 2 is 1.83 bits per heavy atom. The lowest BCUT2D eigenvalue weighted by molar-refractivity contribution is -0.134. The third-order valence-electron chi connectivity index (χ3n) is 7.33. The molecule has 6 atom stereocenters. The zero-order valence-electron chi connectivity index (χ0n) is 18.0. The summed E-state index contributed by atoms with van der Waals surface area (Å²) < 4.78 is 0. The quantitative estimate of drug-likeness (QED) is 0.712. The predicted octanol–water partition coefficient (Wildman–Crippen LogP) is 2.10. The summed E-state index contributed by atoms with van der Waals surface area (Å²) in [6.07, 6.45) is 7.74. The van der Waals surface area contributed by atoms with Crippen molar-refractivity contribution in [2.45, 2.75) is 87.5 Å². The number of nitrogens with two attached hydrogens (primary N) is 1. The van der Waals surface area contributed by atoms with Crippen LogP contribution in [0.5, 0.6) is 0 Å². The number of amidine groups is 1. The van der Waals surface area contributed by atoms with E-state index in [1.165, 1.54) is 31.5 Å². The van der Waals surface area contributed by atoms with Gasteiger partial charge in [0.15, 0.2) is 0 Å². The average Bonchev–Trinajstić information content (AvgIpc) is 2.89. The number of carbonyl (C=O) groups excluding carboxylic acids is 1. The Hall–Kier alpha value is -0.790. The smallest absolute Gasteiger partial charge is 0.239 e. The van der Waals surface area contributed by atoms with Gasteiger partial charge in [-0.05, 0) is 38.0 Å². The predicted molar refractivity (Wildman–Crippen MR) is 119 cm³/mol. The van der Waals surface area contributed by atoms with Crippen LogP contribution in [-0.4, -0.2) is 81.5 Å². The SMILES string of the molecule is CC(C)C(N)C(=O)N1CCN(C2=NC3CCC(O)CC3SC3CCCCC23)CC1. The molecule has 1 amide bonds. The summed E-state index contributed by atoms with van der Waals surface area (Å²) >= 11 is 2.12. The molecular formula is C22H38N4O2S. The molecule has 2 aliphatic heterocycles. The number of aliphatic hydroxyl groups is 1. The minimum Gasteiger partial charge on any atom is -0.393 e. The Bertz CT molecular complexity index is 620. The van der Waals surface area contributed by atoms with Crippen LogP contribution in [0.1, 0.15) is 58.8 Å². The fourth-order valence-electron chi connectivity index (χ4n) is 5.40. The van der Waals surface area contributed by atoms with Crippen LogP contribution in [0.4, 0.5) is 0 Å². The summed E-state index contributed by atoms with van der Waals surface area (Å²) in [7, 11) is 0. The third kappa shape index (κ3) is 4.62. The van der Waals surface area contributed by atoms with Crippen molar-refractivity contribution >= 4 is 23.5 Å². The van der Waals surface area contributed by atoms with Crippen LogP contribution in [0.15, 0.2) is 4.99 Å². The van der Waals surface area contributed by atoms with Gasteiger partial charge in [-0.3, -0.25) is 9.79 Å². The molecule has 0 spiro atoms. The van der Waals surface area contributed by atoms with Gasteiger partial charge in [0, 0.05) is 42.6 Å². The van der Waals surface area contributed by atoms with Crippen molar-refractivity contribution in [3.8, 4) is 0 Å². The van der Waals surface area contributed by atoms with Crippen LogP contribution in [0.25, 0.3) is 0 Å². The number of carbonyl (C=O) groups is 1. The summed E-state index contributed by atoms with van der Waals surface area (Å²) in [6.45, 7) is 7.24. The maximum absolute atomic E-state index is 12.6. The highest BCUT2D eigenvalue weighted by atomic mass is 32.2. The minimum absolute atomic E-state index is 0.0925. The van der Waals surface area contributed by atoms with Gasteiger partial charge in [-0.15, -0.1) is 0 Å². The van der Waals surface area contributed by atoms with Gasteiger partial charge in [0.1, 0.15) is 5.84 Å².